The van der Waals surface area contributed by atoms with Crippen LogP contribution in [0.25, 0.3) is 0 Å². The summed E-state index contributed by atoms with van der Waals surface area (Å²) in [6.07, 6.45) is 10.2. The second-order valence-corrected chi connectivity index (χ2v) is 7.87. The zero-order chi connectivity index (χ0) is 22.6. The van der Waals surface area contributed by atoms with Crippen molar-refractivity contribution in [3.8, 4) is 0 Å². The summed E-state index contributed by atoms with van der Waals surface area (Å²) in [6, 6.07) is 0. The Morgan fingerprint density at radius 1 is 0.867 bits per heavy atom. The minimum Gasteiger partial charge on any atom is -0.480 e. The molecule has 2 aliphatic rings. The number of methoxy groups -OCH3 is 1. The van der Waals surface area contributed by atoms with Crippen LogP contribution in [0.15, 0.2) is 12.7 Å². The molecule has 0 amide bonds. The van der Waals surface area contributed by atoms with Gasteiger partial charge in [-0.05, 0) is 37.5 Å². The number of carboxylic acids is 2. The molecule has 0 aromatic rings. The van der Waals surface area contributed by atoms with Gasteiger partial charge < -0.3 is 19.7 Å². The minimum atomic E-state index is -1.53. The number of carboxylic acid groups (broad SMARTS) is 2. The summed E-state index contributed by atoms with van der Waals surface area (Å²) in [6.45, 7) is 3.46. The van der Waals surface area contributed by atoms with Gasteiger partial charge in [-0.1, -0.05) is 51.2 Å². The van der Waals surface area contributed by atoms with E-state index in [1.54, 1.807) is 0 Å². The summed E-state index contributed by atoms with van der Waals surface area (Å²) in [4.78, 5) is 44.8. The van der Waals surface area contributed by atoms with Gasteiger partial charge in [0.25, 0.3) is 0 Å². The van der Waals surface area contributed by atoms with Crippen molar-refractivity contribution in [1.29, 1.82) is 0 Å². The van der Waals surface area contributed by atoms with Gasteiger partial charge in [-0.3, -0.25) is 19.2 Å². The second-order valence-electron chi connectivity index (χ2n) is 7.87. The van der Waals surface area contributed by atoms with Crippen molar-refractivity contribution in [3.63, 3.8) is 0 Å². The Labute approximate surface area is 177 Å². The number of carbonyl (C=O) groups is 4. The van der Waals surface area contributed by atoms with Gasteiger partial charge in [0.15, 0.2) is 5.41 Å². The second kappa shape index (κ2) is 13.0. The molecule has 0 aliphatic heterocycles. The summed E-state index contributed by atoms with van der Waals surface area (Å²) >= 11 is 0. The van der Waals surface area contributed by atoms with Gasteiger partial charge in [-0.15, -0.1) is 0 Å². The molecule has 0 saturated heterocycles. The molecule has 0 aromatic heterocycles. The van der Waals surface area contributed by atoms with Crippen molar-refractivity contribution in [2.75, 3.05) is 13.7 Å². The molecule has 0 unspecified atom stereocenters. The van der Waals surface area contributed by atoms with E-state index in [2.05, 4.69) is 16.1 Å². The third-order valence-corrected chi connectivity index (χ3v) is 6.08. The molecule has 2 N–H and O–H groups in total. The summed E-state index contributed by atoms with van der Waals surface area (Å²) in [5, 5.41) is 19.4. The first-order valence-corrected chi connectivity index (χ1v) is 10.6. The molecular weight excluding hydrogens is 392 g/mol. The predicted molar refractivity (Wildman–Crippen MR) is 109 cm³/mol. The van der Waals surface area contributed by atoms with Crippen LogP contribution in [0, 0.1) is 17.3 Å². The molecule has 2 rings (SSSR count). The highest BCUT2D eigenvalue weighted by molar-refractivity contribution is 5.99. The van der Waals surface area contributed by atoms with Crippen LogP contribution < -0.4 is 0 Å². The van der Waals surface area contributed by atoms with E-state index in [1.807, 2.05) is 0 Å². The van der Waals surface area contributed by atoms with E-state index in [0.717, 1.165) is 64.2 Å². The highest BCUT2D eigenvalue weighted by Gasteiger charge is 2.57. The maximum atomic E-state index is 11.9. The lowest BCUT2D eigenvalue weighted by Crippen LogP contribution is -2.52. The largest absolute Gasteiger partial charge is 0.480 e. The summed E-state index contributed by atoms with van der Waals surface area (Å²) < 4.78 is 8.74. The monoisotopic (exact) mass is 426 g/mol. The van der Waals surface area contributed by atoms with Crippen LogP contribution in [0.1, 0.15) is 70.6 Å². The van der Waals surface area contributed by atoms with Crippen molar-refractivity contribution in [2.24, 2.45) is 17.3 Å². The summed E-state index contributed by atoms with van der Waals surface area (Å²) in [5.41, 5.74) is -1.53. The topological polar surface area (TPSA) is 127 Å². The lowest BCUT2D eigenvalue weighted by Gasteiger charge is -2.42. The fourth-order valence-corrected chi connectivity index (χ4v) is 4.63. The molecule has 2 aliphatic carbocycles. The number of carbonyl (C=O) groups excluding carboxylic acids is 2. The maximum absolute atomic E-state index is 11.9. The molecule has 0 atom stereocenters. The number of hydrogen-bond donors (Lipinski definition) is 2. The number of ether oxygens (including phenoxy) is 2. The first-order chi connectivity index (χ1) is 14.3. The van der Waals surface area contributed by atoms with Crippen molar-refractivity contribution in [2.45, 2.75) is 70.6 Å². The molecule has 0 spiro atoms. The highest BCUT2D eigenvalue weighted by atomic mass is 16.5. The Kier molecular flexibility index (Phi) is 11.1. The van der Waals surface area contributed by atoms with Gasteiger partial charge in [0.2, 0.25) is 0 Å². The Hall–Kier alpha value is -2.38. The van der Waals surface area contributed by atoms with Crippen LogP contribution in [-0.2, 0) is 28.7 Å². The lowest BCUT2D eigenvalue weighted by molar-refractivity contribution is -0.178. The zero-order valence-corrected chi connectivity index (χ0v) is 17.8. The van der Waals surface area contributed by atoms with Crippen molar-refractivity contribution in [1.82, 2.24) is 0 Å². The molecular formula is C22H34O8. The molecule has 170 valence electrons. The van der Waals surface area contributed by atoms with E-state index in [1.165, 1.54) is 13.2 Å². The van der Waals surface area contributed by atoms with Gasteiger partial charge in [-0.25, -0.2) is 0 Å². The van der Waals surface area contributed by atoms with Crippen molar-refractivity contribution in [3.05, 3.63) is 12.7 Å². The lowest BCUT2D eigenvalue weighted by atomic mass is 9.58. The molecule has 8 nitrogen and oxygen atoms in total. The Balaban J connectivity index is 0.000000352. The molecule has 0 bridgehead atoms. The summed E-state index contributed by atoms with van der Waals surface area (Å²) in [5.74, 6) is -3.76. The number of rotatable bonds is 8. The number of esters is 2. The third kappa shape index (κ3) is 6.85. The Bertz CT molecular complexity index is 566. The van der Waals surface area contributed by atoms with Gasteiger partial charge in [-0.2, -0.15) is 0 Å². The van der Waals surface area contributed by atoms with Crippen LogP contribution in [0.3, 0.4) is 0 Å². The molecule has 8 heteroatoms. The first-order valence-electron chi connectivity index (χ1n) is 10.6. The predicted octanol–water partition coefficient (Wildman–Crippen LogP) is 3.58. The standard InChI is InChI=1S/C15H24O4.C7H10O4/c16-13(17)15(14(18)19,11-7-3-1-4-8-11)12-9-5-2-6-10-12;1-3-4-11-7(9)5-6(8)10-2/h11-12H,1-10H2,(H,16,17)(H,18,19);3H,1,4-5H2,2H3. The average molecular weight is 427 g/mol. The highest BCUT2D eigenvalue weighted by Crippen LogP contribution is 2.49. The van der Waals surface area contributed by atoms with Crippen LogP contribution in [0.2, 0.25) is 0 Å². The smallest absolute Gasteiger partial charge is 0.321 e. The minimum absolute atomic E-state index is 0.121. The van der Waals surface area contributed by atoms with Gasteiger partial charge in [0, 0.05) is 0 Å². The van der Waals surface area contributed by atoms with E-state index in [-0.39, 0.29) is 24.9 Å². The maximum Gasteiger partial charge on any atom is 0.321 e. The van der Waals surface area contributed by atoms with Gasteiger partial charge in [0.1, 0.15) is 13.0 Å². The molecule has 0 aromatic carbocycles. The fraction of sp³-hybridized carbons (Fsp3) is 0.727. The quantitative estimate of drug-likeness (QED) is 0.342. The Morgan fingerprint density at radius 3 is 1.63 bits per heavy atom. The molecule has 0 radical (unpaired) electrons. The van der Waals surface area contributed by atoms with E-state index in [0.29, 0.717) is 0 Å². The van der Waals surface area contributed by atoms with Gasteiger partial charge >= 0.3 is 23.9 Å². The van der Waals surface area contributed by atoms with Gasteiger partial charge in [0.05, 0.1) is 7.11 Å². The van der Waals surface area contributed by atoms with E-state index in [4.69, 9.17) is 0 Å². The number of hydrogen-bond acceptors (Lipinski definition) is 6. The molecule has 2 saturated carbocycles. The first kappa shape index (κ1) is 25.7. The average Bonchev–Trinajstić information content (AvgIpc) is 2.74. The zero-order valence-electron chi connectivity index (χ0n) is 17.8. The molecule has 2 fully saturated rings. The normalized spacial score (nSPS) is 17.8. The molecule has 30 heavy (non-hydrogen) atoms. The van der Waals surface area contributed by atoms with E-state index in [9.17, 15) is 29.4 Å². The Morgan fingerprint density at radius 2 is 1.30 bits per heavy atom. The van der Waals surface area contributed by atoms with Crippen molar-refractivity contribution >= 4 is 23.9 Å². The molecule has 0 heterocycles. The van der Waals surface area contributed by atoms with Crippen molar-refractivity contribution < 1.29 is 38.9 Å². The van der Waals surface area contributed by atoms with Crippen LogP contribution in [0.4, 0.5) is 0 Å². The number of aliphatic carboxylic acids is 2. The van der Waals surface area contributed by atoms with E-state index < -0.39 is 29.3 Å². The SMILES string of the molecule is C=CCOC(=O)CC(=O)OC.O=C(O)C(C(=O)O)(C1CCCCC1)C1CCCCC1. The third-order valence-electron chi connectivity index (χ3n) is 6.08. The van der Waals surface area contributed by atoms with Crippen LogP contribution in [0.5, 0.6) is 0 Å². The van der Waals surface area contributed by atoms with E-state index >= 15 is 0 Å². The fourth-order valence-electron chi connectivity index (χ4n) is 4.63. The van der Waals surface area contributed by atoms with Crippen LogP contribution >= 0.6 is 0 Å². The van der Waals surface area contributed by atoms with Crippen LogP contribution in [-0.4, -0.2) is 47.8 Å². The summed E-state index contributed by atoms with van der Waals surface area (Å²) in [7, 11) is 1.21.